The molecule has 0 fully saturated rings. The summed E-state index contributed by atoms with van der Waals surface area (Å²) >= 11 is 0. The molecule has 0 spiro atoms. The summed E-state index contributed by atoms with van der Waals surface area (Å²) in [5, 5.41) is 2.99. The van der Waals surface area contributed by atoms with Gasteiger partial charge >= 0.3 is 0 Å². The Hall–Kier alpha value is -2.14. The number of fused-ring (bicyclic) bond motifs is 1. The van der Waals surface area contributed by atoms with E-state index in [2.05, 4.69) is 22.0 Å². The van der Waals surface area contributed by atoms with Crippen molar-refractivity contribution in [3.8, 4) is 11.4 Å². The van der Waals surface area contributed by atoms with Crippen LogP contribution in [0, 0.1) is 0 Å². The first kappa shape index (κ1) is 16.7. The Kier molecular flexibility index (Phi) is 5.30. The fourth-order valence-corrected chi connectivity index (χ4v) is 3.29. The summed E-state index contributed by atoms with van der Waals surface area (Å²) in [6.45, 7) is 3.36. The van der Waals surface area contributed by atoms with Crippen molar-refractivity contribution in [1.82, 2.24) is 14.9 Å². The van der Waals surface area contributed by atoms with Crippen LogP contribution in [0.1, 0.15) is 42.4 Å². The van der Waals surface area contributed by atoms with Crippen LogP contribution in [0.25, 0.3) is 11.4 Å². The third-order valence-electron chi connectivity index (χ3n) is 4.41. The molecule has 128 valence electrons. The van der Waals surface area contributed by atoms with Gasteiger partial charge in [0.05, 0.1) is 12.3 Å². The summed E-state index contributed by atoms with van der Waals surface area (Å²) in [5.74, 6) is 0.796. The Morgan fingerprint density at radius 1 is 1.29 bits per heavy atom. The van der Waals surface area contributed by atoms with E-state index in [0.717, 1.165) is 42.9 Å². The van der Waals surface area contributed by atoms with Gasteiger partial charge in [-0.25, -0.2) is 4.98 Å². The number of aromatic nitrogens is 2. The highest BCUT2D eigenvalue weighted by Gasteiger charge is 2.24. The van der Waals surface area contributed by atoms with Crippen molar-refractivity contribution in [3.63, 3.8) is 0 Å². The van der Waals surface area contributed by atoms with Crippen molar-refractivity contribution >= 4 is 5.91 Å². The van der Waals surface area contributed by atoms with Gasteiger partial charge in [0, 0.05) is 25.3 Å². The van der Waals surface area contributed by atoms with E-state index in [-0.39, 0.29) is 11.9 Å². The molecule has 0 saturated heterocycles. The molecular weight excluding hydrogens is 302 g/mol. The summed E-state index contributed by atoms with van der Waals surface area (Å²) in [7, 11) is 1.64. The van der Waals surface area contributed by atoms with E-state index >= 15 is 0 Å². The average Bonchev–Trinajstić information content (AvgIpc) is 2.77. The summed E-state index contributed by atoms with van der Waals surface area (Å²) < 4.78 is 7.34. The molecule has 1 aliphatic heterocycles. The molecule has 3 rings (SSSR count). The Labute approximate surface area is 143 Å². The molecule has 1 aromatic heterocycles. The highest BCUT2D eigenvalue weighted by Crippen LogP contribution is 2.27. The molecule has 1 amide bonds. The predicted molar refractivity (Wildman–Crippen MR) is 94.0 cm³/mol. The number of rotatable bonds is 5. The van der Waals surface area contributed by atoms with Crippen LogP contribution in [0.15, 0.2) is 30.3 Å². The minimum absolute atomic E-state index is 0.0363. The zero-order valence-electron chi connectivity index (χ0n) is 14.4. The minimum Gasteiger partial charge on any atom is -0.383 e. The number of ether oxygens (including phenoxy) is 1. The van der Waals surface area contributed by atoms with Crippen LogP contribution >= 0.6 is 0 Å². The highest BCUT2D eigenvalue weighted by atomic mass is 16.5. The molecule has 5 heteroatoms. The van der Waals surface area contributed by atoms with Crippen molar-refractivity contribution in [2.24, 2.45) is 0 Å². The number of hydrogen-bond donors (Lipinski definition) is 1. The van der Waals surface area contributed by atoms with Gasteiger partial charge in [0.1, 0.15) is 11.5 Å². The molecule has 1 atom stereocenters. The van der Waals surface area contributed by atoms with Gasteiger partial charge in [-0.15, -0.1) is 0 Å². The number of carbonyl (C=O) groups is 1. The second-order valence-corrected chi connectivity index (χ2v) is 6.39. The maximum atomic E-state index is 12.7. The first-order valence-electron chi connectivity index (χ1n) is 8.65. The van der Waals surface area contributed by atoms with E-state index in [1.165, 1.54) is 6.42 Å². The predicted octanol–water partition coefficient (Wildman–Crippen LogP) is 3.04. The van der Waals surface area contributed by atoms with Crippen LogP contribution in [0.3, 0.4) is 0 Å². The summed E-state index contributed by atoms with van der Waals surface area (Å²) in [5.41, 5.74) is 2.69. The lowest BCUT2D eigenvalue weighted by Gasteiger charge is -2.12. The van der Waals surface area contributed by atoms with Crippen molar-refractivity contribution in [2.45, 2.75) is 45.2 Å². The second-order valence-electron chi connectivity index (χ2n) is 6.39. The second kappa shape index (κ2) is 7.62. The van der Waals surface area contributed by atoms with E-state index in [1.54, 1.807) is 7.11 Å². The first-order valence-corrected chi connectivity index (χ1v) is 8.65. The van der Waals surface area contributed by atoms with Gasteiger partial charge in [0.15, 0.2) is 0 Å². The van der Waals surface area contributed by atoms with Crippen molar-refractivity contribution < 1.29 is 9.53 Å². The van der Waals surface area contributed by atoms with E-state index in [9.17, 15) is 4.79 Å². The summed E-state index contributed by atoms with van der Waals surface area (Å²) in [4.78, 5) is 17.4. The maximum absolute atomic E-state index is 12.7. The van der Waals surface area contributed by atoms with Gasteiger partial charge in [-0.3, -0.25) is 4.79 Å². The topological polar surface area (TPSA) is 56.1 Å². The fourth-order valence-electron chi connectivity index (χ4n) is 3.29. The number of imidazole rings is 1. The number of nitrogens with zero attached hydrogens (tertiary/aromatic N) is 2. The van der Waals surface area contributed by atoms with Gasteiger partial charge in [0.25, 0.3) is 5.91 Å². The summed E-state index contributed by atoms with van der Waals surface area (Å²) in [6, 6.07) is 10.1. The molecule has 2 aromatic rings. The lowest BCUT2D eigenvalue weighted by Crippen LogP contribution is -2.36. The van der Waals surface area contributed by atoms with Gasteiger partial charge in [-0.2, -0.15) is 0 Å². The van der Waals surface area contributed by atoms with Gasteiger partial charge in [-0.1, -0.05) is 36.8 Å². The minimum atomic E-state index is -0.104. The molecule has 0 bridgehead atoms. The van der Waals surface area contributed by atoms with E-state index in [1.807, 2.05) is 25.1 Å². The maximum Gasteiger partial charge on any atom is 0.272 e. The van der Waals surface area contributed by atoms with Crippen LogP contribution in [0.4, 0.5) is 0 Å². The van der Waals surface area contributed by atoms with E-state index in [0.29, 0.717) is 12.3 Å². The third kappa shape index (κ3) is 3.51. The fraction of sp³-hybridized carbons (Fsp3) is 0.474. The molecule has 0 unspecified atom stereocenters. The SMILES string of the molecule is COC[C@H](C)NC(=O)c1nc(-c2ccccc2)n2c1CCCCC2. The van der Waals surface area contributed by atoms with Crippen LogP contribution in [0.5, 0.6) is 0 Å². The Bertz CT molecular complexity index is 694. The van der Waals surface area contributed by atoms with Crippen LogP contribution < -0.4 is 5.32 Å². The number of hydrogen-bond acceptors (Lipinski definition) is 3. The molecule has 0 aliphatic carbocycles. The third-order valence-corrected chi connectivity index (χ3v) is 4.41. The van der Waals surface area contributed by atoms with Crippen molar-refractivity contribution in [1.29, 1.82) is 0 Å². The largest absolute Gasteiger partial charge is 0.383 e. The average molecular weight is 327 g/mol. The smallest absolute Gasteiger partial charge is 0.272 e. The number of benzene rings is 1. The molecule has 24 heavy (non-hydrogen) atoms. The molecule has 1 aliphatic rings. The van der Waals surface area contributed by atoms with Gasteiger partial charge in [0.2, 0.25) is 0 Å². The van der Waals surface area contributed by atoms with Crippen LogP contribution in [-0.2, 0) is 17.7 Å². The Morgan fingerprint density at radius 2 is 2.08 bits per heavy atom. The first-order chi connectivity index (χ1) is 11.7. The zero-order chi connectivity index (χ0) is 16.9. The number of methoxy groups -OCH3 is 1. The monoisotopic (exact) mass is 327 g/mol. The van der Waals surface area contributed by atoms with Gasteiger partial charge in [-0.05, 0) is 26.2 Å². The molecule has 0 saturated carbocycles. The van der Waals surface area contributed by atoms with Crippen LogP contribution in [0.2, 0.25) is 0 Å². The molecular formula is C19H25N3O2. The number of nitrogens with one attached hydrogen (secondary N) is 1. The Morgan fingerprint density at radius 3 is 2.83 bits per heavy atom. The molecule has 1 aromatic carbocycles. The Balaban J connectivity index is 1.97. The van der Waals surface area contributed by atoms with Gasteiger partial charge < -0.3 is 14.6 Å². The molecule has 1 N–H and O–H groups in total. The lowest BCUT2D eigenvalue weighted by molar-refractivity contribution is 0.0900. The summed E-state index contributed by atoms with van der Waals surface area (Å²) in [6.07, 6.45) is 4.33. The zero-order valence-corrected chi connectivity index (χ0v) is 14.4. The molecule has 0 radical (unpaired) electrons. The molecule has 5 nitrogen and oxygen atoms in total. The lowest BCUT2D eigenvalue weighted by atomic mass is 10.1. The van der Waals surface area contributed by atoms with E-state index < -0.39 is 0 Å². The number of carbonyl (C=O) groups excluding carboxylic acids is 1. The quantitative estimate of drug-likeness (QED) is 0.918. The van der Waals surface area contributed by atoms with Crippen molar-refractivity contribution in [2.75, 3.05) is 13.7 Å². The number of amides is 1. The van der Waals surface area contributed by atoms with Crippen LogP contribution in [-0.4, -0.2) is 35.2 Å². The van der Waals surface area contributed by atoms with E-state index in [4.69, 9.17) is 9.72 Å². The standard InChI is InChI=1S/C19H25N3O2/c1-14(13-24-2)20-19(23)17-16-11-7-4-8-12-22(16)18(21-17)15-9-5-3-6-10-15/h3,5-6,9-10,14H,4,7-8,11-13H2,1-2H3,(H,20,23)/t14-/m0/s1. The van der Waals surface area contributed by atoms with Crippen molar-refractivity contribution in [3.05, 3.63) is 41.7 Å². The molecule has 2 heterocycles. The normalized spacial score (nSPS) is 15.4. The highest BCUT2D eigenvalue weighted by molar-refractivity contribution is 5.94.